The number of nitrogens with zero attached hydrogens (tertiary/aromatic N) is 6. The fraction of sp³-hybridized carbons (Fsp3) is 0.273. The Morgan fingerprint density at radius 2 is 1.72 bits per heavy atom. The molecule has 10 heteroatoms. The molecular formula is C22H25FN8O. The van der Waals surface area contributed by atoms with E-state index in [1.807, 2.05) is 11.0 Å². The van der Waals surface area contributed by atoms with E-state index in [-0.39, 0.29) is 31.4 Å². The van der Waals surface area contributed by atoms with Gasteiger partial charge in [-0.15, -0.1) is 0 Å². The second kappa shape index (κ2) is 8.75. The number of morpholine rings is 1. The summed E-state index contributed by atoms with van der Waals surface area (Å²) in [6.45, 7) is 2.74. The van der Waals surface area contributed by atoms with Crippen molar-refractivity contribution in [2.75, 3.05) is 42.7 Å². The highest BCUT2D eigenvalue weighted by Gasteiger charge is 2.23. The highest BCUT2D eigenvalue weighted by atomic mass is 19.1. The van der Waals surface area contributed by atoms with Crippen molar-refractivity contribution < 1.29 is 9.13 Å². The van der Waals surface area contributed by atoms with Gasteiger partial charge in [-0.25, -0.2) is 24.0 Å². The lowest BCUT2D eigenvalue weighted by Gasteiger charge is -2.29. The number of hydrogen-bond donors (Lipinski definition) is 2. The van der Waals surface area contributed by atoms with Gasteiger partial charge in [0, 0.05) is 24.8 Å². The number of anilines is 3. The van der Waals surface area contributed by atoms with Gasteiger partial charge in [0.1, 0.15) is 17.2 Å². The number of halogens is 1. The van der Waals surface area contributed by atoms with E-state index < -0.39 is 0 Å². The van der Waals surface area contributed by atoms with Crippen LogP contribution in [0.4, 0.5) is 21.7 Å². The van der Waals surface area contributed by atoms with E-state index in [2.05, 4.69) is 20.1 Å². The SMILES string of the molecule is C.Nc1nc(-c2nn(Cc3ccccc3F)c3ncccc23)nc(N)c1N1CCOCC1. The van der Waals surface area contributed by atoms with E-state index in [0.29, 0.717) is 54.7 Å². The van der Waals surface area contributed by atoms with Crippen LogP contribution in [0.5, 0.6) is 0 Å². The molecule has 3 aromatic heterocycles. The summed E-state index contributed by atoms with van der Waals surface area (Å²) in [5, 5.41) is 5.37. The van der Waals surface area contributed by atoms with Crippen molar-refractivity contribution in [3.8, 4) is 11.5 Å². The van der Waals surface area contributed by atoms with Gasteiger partial charge in [0.05, 0.1) is 25.1 Å². The molecule has 0 unspecified atom stereocenters. The van der Waals surface area contributed by atoms with Crippen LogP contribution in [-0.4, -0.2) is 51.0 Å². The first-order valence-electron chi connectivity index (χ1n) is 9.93. The normalized spacial score (nSPS) is 13.8. The van der Waals surface area contributed by atoms with Crippen LogP contribution >= 0.6 is 0 Å². The van der Waals surface area contributed by atoms with Crippen LogP contribution in [0, 0.1) is 5.82 Å². The number of fused-ring (bicyclic) bond motifs is 1. The fourth-order valence-electron chi connectivity index (χ4n) is 3.78. The van der Waals surface area contributed by atoms with E-state index in [9.17, 15) is 4.39 Å². The Morgan fingerprint density at radius 3 is 2.44 bits per heavy atom. The number of benzene rings is 1. The largest absolute Gasteiger partial charge is 0.382 e. The Labute approximate surface area is 184 Å². The molecule has 0 aliphatic carbocycles. The third-order valence-corrected chi connectivity index (χ3v) is 5.26. The third kappa shape index (κ3) is 3.80. The highest BCUT2D eigenvalue weighted by Crippen LogP contribution is 2.32. The van der Waals surface area contributed by atoms with Gasteiger partial charge in [0.15, 0.2) is 23.1 Å². The van der Waals surface area contributed by atoms with Gasteiger partial charge in [-0.3, -0.25) is 0 Å². The Balaban J connectivity index is 0.00000245. The zero-order chi connectivity index (χ0) is 21.4. The minimum Gasteiger partial charge on any atom is -0.382 e. The zero-order valence-electron chi connectivity index (χ0n) is 16.7. The first-order valence-corrected chi connectivity index (χ1v) is 9.93. The van der Waals surface area contributed by atoms with Crippen LogP contribution < -0.4 is 16.4 Å². The maximum Gasteiger partial charge on any atom is 0.184 e. The summed E-state index contributed by atoms with van der Waals surface area (Å²) in [4.78, 5) is 15.4. The predicted molar refractivity (Wildman–Crippen MR) is 123 cm³/mol. The lowest BCUT2D eigenvalue weighted by Crippen LogP contribution is -2.37. The van der Waals surface area contributed by atoms with Crippen LogP contribution in [0.25, 0.3) is 22.6 Å². The predicted octanol–water partition coefficient (Wildman–Crippen LogP) is 2.71. The minimum atomic E-state index is -0.303. The van der Waals surface area contributed by atoms with Crippen molar-refractivity contribution in [1.82, 2.24) is 24.7 Å². The van der Waals surface area contributed by atoms with Crippen LogP contribution in [0.15, 0.2) is 42.6 Å². The van der Waals surface area contributed by atoms with Crippen LogP contribution in [0.1, 0.15) is 13.0 Å². The molecule has 1 aliphatic heterocycles. The summed E-state index contributed by atoms with van der Waals surface area (Å²) >= 11 is 0. The van der Waals surface area contributed by atoms with E-state index >= 15 is 0 Å². The van der Waals surface area contributed by atoms with Gasteiger partial charge >= 0.3 is 0 Å². The number of hydrogen-bond acceptors (Lipinski definition) is 8. The number of nitrogens with two attached hydrogens (primary N) is 2. The van der Waals surface area contributed by atoms with Crippen LogP contribution in [0.2, 0.25) is 0 Å². The zero-order valence-corrected chi connectivity index (χ0v) is 16.7. The van der Waals surface area contributed by atoms with Gasteiger partial charge in [0.25, 0.3) is 0 Å². The summed E-state index contributed by atoms with van der Waals surface area (Å²) in [5.74, 6) is 0.565. The Kier molecular flexibility index (Phi) is 5.87. The summed E-state index contributed by atoms with van der Waals surface area (Å²) < 4.78 is 21.2. The average Bonchev–Trinajstić information content (AvgIpc) is 3.14. The van der Waals surface area contributed by atoms with E-state index in [4.69, 9.17) is 16.2 Å². The maximum atomic E-state index is 14.2. The molecule has 5 rings (SSSR count). The number of rotatable bonds is 4. The molecule has 0 amide bonds. The van der Waals surface area contributed by atoms with Crippen molar-refractivity contribution in [1.29, 1.82) is 0 Å². The smallest absolute Gasteiger partial charge is 0.184 e. The number of pyridine rings is 1. The van der Waals surface area contributed by atoms with Crippen molar-refractivity contribution in [3.05, 3.63) is 54.0 Å². The van der Waals surface area contributed by atoms with Crippen LogP contribution in [-0.2, 0) is 11.3 Å². The Bertz CT molecular complexity index is 1230. The molecule has 0 bridgehead atoms. The second-order valence-electron chi connectivity index (χ2n) is 7.24. The summed E-state index contributed by atoms with van der Waals surface area (Å²) in [6, 6.07) is 10.2. The lowest BCUT2D eigenvalue weighted by atomic mass is 10.2. The number of ether oxygens (including phenoxy) is 1. The van der Waals surface area contributed by atoms with E-state index in [1.165, 1.54) is 6.07 Å². The minimum absolute atomic E-state index is 0. The molecule has 4 heterocycles. The molecule has 1 fully saturated rings. The molecule has 4 aromatic rings. The molecule has 166 valence electrons. The molecule has 0 radical (unpaired) electrons. The van der Waals surface area contributed by atoms with E-state index in [1.54, 1.807) is 35.1 Å². The molecule has 9 nitrogen and oxygen atoms in total. The van der Waals surface area contributed by atoms with Gasteiger partial charge in [-0.2, -0.15) is 5.10 Å². The topological polar surface area (TPSA) is 121 Å². The first kappa shape index (κ1) is 21.4. The molecule has 0 spiro atoms. The highest BCUT2D eigenvalue weighted by molar-refractivity contribution is 5.90. The molecule has 4 N–H and O–H groups in total. The van der Waals surface area contributed by atoms with Gasteiger partial charge in [-0.1, -0.05) is 25.6 Å². The lowest BCUT2D eigenvalue weighted by molar-refractivity contribution is 0.123. The van der Waals surface area contributed by atoms with Crippen molar-refractivity contribution in [3.63, 3.8) is 0 Å². The molecule has 0 saturated carbocycles. The Hall–Kier alpha value is -3.79. The molecule has 0 atom stereocenters. The average molecular weight is 436 g/mol. The second-order valence-corrected chi connectivity index (χ2v) is 7.24. The summed E-state index contributed by atoms with van der Waals surface area (Å²) in [6.07, 6.45) is 1.66. The molecule has 1 aliphatic rings. The summed E-state index contributed by atoms with van der Waals surface area (Å²) in [7, 11) is 0. The van der Waals surface area contributed by atoms with Crippen LogP contribution in [0.3, 0.4) is 0 Å². The standard InChI is InChI=1S/C21H21FN8O.CH4/c22-15-6-2-1-4-13(15)12-30-21-14(5-3-7-25-21)16(28-30)20-26-18(23)17(19(24)27-20)29-8-10-31-11-9-29;/h1-7H,8-12H2,(H4,23,24,26,27);1H4. The van der Waals surface area contributed by atoms with Crippen molar-refractivity contribution in [2.24, 2.45) is 0 Å². The first-order chi connectivity index (χ1) is 15.1. The monoisotopic (exact) mass is 436 g/mol. The van der Waals surface area contributed by atoms with Gasteiger partial charge in [-0.05, 0) is 18.2 Å². The molecule has 1 saturated heterocycles. The Morgan fingerprint density at radius 1 is 1.00 bits per heavy atom. The molecule has 1 aromatic carbocycles. The van der Waals surface area contributed by atoms with Crippen molar-refractivity contribution >= 4 is 28.4 Å². The summed E-state index contributed by atoms with van der Waals surface area (Å²) in [5.41, 5.74) is 14.7. The molecule has 32 heavy (non-hydrogen) atoms. The van der Waals surface area contributed by atoms with Crippen molar-refractivity contribution in [2.45, 2.75) is 14.0 Å². The number of nitrogen functional groups attached to an aromatic ring is 2. The quantitative estimate of drug-likeness (QED) is 0.501. The third-order valence-electron chi connectivity index (χ3n) is 5.26. The maximum absolute atomic E-state index is 14.2. The number of aromatic nitrogens is 5. The molecular weight excluding hydrogens is 411 g/mol. The van der Waals surface area contributed by atoms with Gasteiger partial charge < -0.3 is 21.1 Å². The fourth-order valence-corrected chi connectivity index (χ4v) is 3.78. The van der Waals surface area contributed by atoms with E-state index in [0.717, 1.165) is 5.39 Å². The van der Waals surface area contributed by atoms with Gasteiger partial charge in [0.2, 0.25) is 0 Å².